The van der Waals surface area contributed by atoms with Gasteiger partial charge in [0.25, 0.3) is 0 Å². The van der Waals surface area contributed by atoms with Crippen molar-refractivity contribution in [2.24, 2.45) is 0 Å². The first-order chi connectivity index (χ1) is 8.24. The van der Waals surface area contributed by atoms with E-state index in [9.17, 15) is 8.42 Å². The fourth-order valence-electron chi connectivity index (χ4n) is 1.60. The van der Waals surface area contributed by atoms with Gasteiger partial charge in [0.15, 0.2) is 0 Å². The van der Waals surface area contributed by atoms with Crippen LogP contribution in [0, 0.1) is 10.5 Å². The van der Waals surface area contributed by atoms with Crippen molar-refractivity contribution in [1.29, 1.82) is 0 Å². The van der Waals surface area contributed by atoms with E-state index in [2.05, 4.69) is 10.0 Å². The number of rotatable bonds is 1. The summed E-state index contributed by atoms with van der Waals surface area (Å²) in [6.07, 6.45) is -0.780. The molecule has 1 aliphatic rings. The molecule has 0 amide bonds. The van der Waals surface area contributed by atoms with Crippen LogP contribution in [-0.4, -0.2) is 19.4 Å². The molecule has 0 aromatic heterocycles. The van der Waals surface area contributed by atoms with Gasteiger partial charge in [-0.1, -0.05) is 11.6 Å². The van der Waals surface area contributed by atoms with E-state index in [1.807, 2.05) is 22.6 Å². The standard InChI is InChI=1S/C9H8Cl3IN2O2S/c1-3-2-4-7(6(13)5(3)10)14-9(8(11)12)15-18(4,16)17/h2,8-9,14-15H,1H3. The summed E-state index contributed by atoms with van der Waals surface area (Å²) in [5.41, 5.74) is 1.12. The van der Waals surface area contributed by atoms with Crippen molar-refractivity contribution >= 4 is 73.1 Å². The van der Waals surface area contributed by atoms with Crippen molar-refractivity contribution in [3.05, 3.63) is 20.2 Å². The molecular formula is C9H8Cl3IN2O2S. The molecule has 1 aromatic carbocycles. The third kappa shape index (κ3) is 2.55. The molecule has 0 radical (unpaired) electrons. The van der Waals surface area contributed by atoms with Gasteiger partial charge >= 0.3 is 0 Å². The second-order valence-electron chi connectivity index (χ2n) is 3.77. The second kappa shape index (κ2) is 5.14. The number of halogens is 4. The minimum absolute atomic E-state index is 0.152. The molecule has 0 spiro atoms. The van der Waals surface area contributed by atoms with Crippen LogP contribution < -0.4 is 10.0 Å². The van der Waals surface area contributed by atoms with Gasteiger partial charge in [0.2, 0.25) is 10.0 Å². The van der Waals surface area contributed by atoms with Crippen LogP contribution in [0.2, 0.25) is 5.02 Å². The Morgan fingerprint density at radius 1 is 1.44 bits per heavy atom. The number of alkyl halides is 2. The monoisotopic (exact) mass is 440 g/mol. The van der Waals surface area contributed by atoms with Crippen molar-refractivity contribution in [3.8, 4) is 0 Å². The first-order valence-electron chi connectivity index (χ1n) is 4.79. The Balaban J connectivity index is 2.67. The van der Waals surface area contributed by atoms with Crippen LogP contribution in [0.25, 0.3) is 0 Å². The molecule has 2 rings (SSSR count). The number of hydrogen-bond acceptors (Lipinski definition) is 3. The van der Waals surface area contributed by atoms with Crippen molar-refractivity contribution in [2.45, 2.75) is 22.8 Å². The van der Waals surface area contributed by atoms with E-state index in [1.165, 1.54) is 6.07 Å². The van der Waals surface area contributed by atoms with Crippen molar-refractivity contribution in [1.82, 2.24) is 4.72 Å². The summed E-state index contributed by atoms with van der Waals surface area (Å²) >= 11 is 19.5. The minimum atomic E-state index is -3.64. The molecule has 1 heterocycles. The SMILES string of the molecule is Cc1cc2c(c(I)c1Cl)NC(C(Cl)Cl)NS2(=O)=O. The van der Waals surface area contributed by atoms with E-state index in [0.717, 1.165) is 0 Å². The molecule has 18 heavy (non-hydrogen) atoms. The van der Waals surface area contributed by atoms with Crippen molar-refractivity contribution in [3.63, 3.8) is 0 Å². The Kier molecular flexibility index (Phi) is 4.26. The zero-order valence-corrected chi connectivity index (χ0v) is 14.2. The molecule has 0 saturated carbocycles. The number of benzene rings is 1. The Morgan fingerprint density at radius 2 is 2.06 bits per heavy atom. The lowest BCUT2D eigenvalue weighted by atomic mass is 10.2. The highest BCUT2D eigenvalue weighted by molar-refractivity contribution is 14.1. The number of fused-ring (bicyclic) bond motifs is 1. The minimum Gasteiger partial charge on any atom is -0.365 e. The van der Waals surface area contributed by atoms with Crippen LogP contribution in [0.1, 0.15) is 5.56 Å². The first kappa shape index (κ1) is 14.9. The van der Waals surface area contributed by atoms with Gasteiger partial charge in [-0.3, -0.25) is 0 Å². The predicted molar refractivity (Wildman–Crippen MR) is 82.1 cm³/mol. The Hall–Kier alpha value is 0.530. The average molecular weight is 442 g/mol. The highest BCUT2D eigenvalue weighted by Crippen LogP contribution is 2.38. The maximum absolute atomic E-state index is 12.1. The Morgan fingerprint density at radius 3 is 2.61 bits per heavy atom. The maximum Gasteiger partial charge on any atom is 0.244 e. The molecule has 1 unspecified atom stereocenters. The zero-order valence-electron chi connectivity index (χ0n) is 8.97. The van der Waals surface area contributed by atoms with E-state index in [1.54, 1.807) is 6.92 Å². The van der Waals surface area contributed by atoms with Gasteiger partial charge < -0.3 is 5.32 Å². The van der Waals surface area contributed by atoms with Crippen LogP contribution in [-0.2, 0) is 10.0 Å². The normalized spacial score (nSPS) is 21.6. The van der Waals surface area contributed by atoms with Crippen LogP contribution >= 0.6 is 57.4 Å². The number of sulfonamides is 1. The smallest absolute Gasteiger partial charge is 0.244 e. The highest BCUT2D eigenvalue weighted by Gasteiger charge is 2.34. The lowest BCUT2D eigenvalue weighted by molar-refractivity contribution is 0.562. The number of aryl methyl sites for hydroxylation is 1. The quantitative estimate of drug-likeness (QED) is 0.520. The molecule has 0 bridgehead atoms. The fourth-order valence-corrected chi connectivity index (χ4v) is 4.62. The summed E-state index contributed by atoms with van der Waals surface area (Å²) in [6, 6.07) is 1.52. The fraction of sp³-hybridized carbons (Fsp3) is 0.333. The highest BCUT2D eigenvalue weighted by atomic mass is 127. The van der Waals surface area contributed by atoms with Gasteiger partial charge in [0, 0.05) is 0 Å². The molecular weight excluding hydrogens is 433 g/mol. The predicted octanol–water partition coefficient (Wildman–Crippen LogP) is 3.09. The van der Waals surface area contributed by atoms with Gasteiger partial charge in [-0.25, -0.2) is 8.42 Å². The first-order valence-corrected chi connectivity index (χ1v) is 8.61. The zero-order chi connectivity index (χ0) is 13.7. The maximum atomic E-state index is 12.1. The van der Waals surface area contributed by atoms with E-state index in [4.69, 9.17) is 34.8 Å². The van der Waals surface area contributed by atoms with Gasteiger partial charge in [-0.2, -0.15) is 4.72 Å². The topological polar surface area (TPSA) is 58.2 Å². The molecule has 2 N–H and O–H groups in total. The van der Waals surface area contributed by atoms with E-state index >= 15 is 0 Å². The second-order valence-corrected chi connectivity index (χ2v) is 8.08. The van der Waals surface area contributed by atoms with Crippen LogP contribution in [0.15, 0.2) is 11.0 Å². The van der Waals surface area contributed by atoms with Crippen molar-refractivity contribution in [2.75, 3.05) is 5.32 Å². The molecule has 0 saturated heterocycles. The Labute approximate surface area is 134 Å². The molecule has 1 atom stereocenters. The summed E-state index contributed by atoms with van der Waals surface area (Å²) in [6.45, 7) is 1.75. The lowest BCUT2D eigenvalue weighted by Crippen LogP contribution is -2.48. The summed E-state index contributed by atoms with van der Waals surface area (Å²) in [5, 5.41) is 3.45. The molecule has 4 nitrogen and oxygen atoms in total. The third-order valence-corrected chi connectivity index (χ3v) is 6.33. The largest absolute Gasteiger partial charge is 0.365 e. The van der Waals surface area contributed by atoms with E-state index in [0.29, 0.717) is 19.8 Å². The lowest BCUT2D eigenvalue weighted by Gasteiger charge is -2.30. The summed E-state index contributed by atoms with van der Waals surface area (Å²) in [4.78, 5) is -0.761. The van der Waals surface area contributed by atoms with Gasteiger partial charge in [0.1, 0.15) is 15.9 Å². The molecule has 1 aliphatic heterocycles. The molecule has 9 heteroatoms. The summed E-state index contributed by atoms with van der Waals surface area (Å²) in [7, 11) is -3.64. The number of nitrogens with one attached hydrogen (secondary N) is 2. The Bertz CT molecular complexity index is 606. The van der Waals surface area contributed by atoms with Crippen LogP contribution in [0.5, 0.6) is 0 Å². The van der Waals surface area contributed by atoms with Crippen molar-refractivity contribution < 1.29 is 8.42 Å². The average Bonchev–Trinajstić information content (AvgIpc) is 2.26. The summed E-state index contributed by atoms with van der Waals surface area (Å²) < 4.78 is 27.2. The molecule has 0 aliphatic carbocycles. The van der Waals surface area contributed by atoms with Gasteiger partial charge in [-0.15, -0.1) is 23.2 Å². The molecule has 1 aromatic rings. The molecule has 0 fully saturated rings. The number of hydrogen-bond donors (Lipinski definition) is 2. The van der Waals surface area contributed by atoms with E-state index in [-0.39, 0.29) is 4.90 Å². The summed E-state index contributed by atoms with van der Waals surface area (Å²) in [5.74, 6) is 0. The number of anilines is 1. The van der Waals surface area contributed by atoms with E-state index < -0.39 is 21.0 Å². The molecule has 100 valence electrons. The third-order valence-electron chi connectivity index (χ3n) is 2.48. The van der Waals surface area contributed by atoms with Gasteiger partial charge in [-0.05, 0) is 41.1 Å². The van der Waals surface area contributed by atoms with Crippen LogP contribution in [0.3, 0.4) is 0 Å². The van der Waals surface area contributed by atoms with Crippen LogP contribution in [0.4, 0.5) is 5.69 Å². The van der Waals surface area contributed by atoms with Gasteiger partial charge in [0.05, 0.1) is 14.3 Å².